The quantitative estimate of drug-likeness (QED) is 0.702. The van der Waals surface area contributed by atoms with Crippen molar-refractivity contribution in [2.45, 2.75) is 52.2 Å². The maximum absolute atomic E-state index is 11.4. The summed E-state index contributed by atoms with van der Waals surface area (Å²) in [6.07, 6.45) is 1.03. The van der Waals surface area contributed by atoms with Gasteiger partial charge in [0.05, 0.1) is 19.6 Å². The maximum atomic E-state index is 11.4. The zero-order valence-electron chi connectivity index (χ0n) is 11.7. The molecule has 18 heavy (non-hydrogen) atoms. The number of carbonyl (C=O) groups excluding carboxylic acids is 2. The highest BCUT2D eigenvalue weighted by atomic mass is 16.6. The Kier molecular flexibility index (Phi) is 4.37. The van der Waals surface area contributed by atoms with Gasteiger partial charge in [0.15, 0.2) is 0 Å². The summed E-state index contributed by atoms with van der Waals surface area (Å²) < 4.78 is 15.2. The summed E-state index contributed by atoms with van der Waals surface area (Å²) in [7, 11) is 1.37. The molecule has 5 heteroatoms. The fraction of sp³-hybridized carbons (Fsp3) is 0.846. The third kappa shape index (κ3) is 4.64. The van der Waals surface area contributed by atoms with Crippen LogP contribution in [0.25, 0.3) is 0 Å². The molecule has 0 radical (unpaired) electrons. The molecule has 0 spiro atoms. The number of carbonyl (C=O) groups is 2. The molecule has 1 aliphatic rings. The fourth-order valence-electron chi connectivity index (χ4n) is 1.75. The number of hydrogen-bond donors (Lipinski definition) is 0. The van der Waals surface area contributed by atoms with Crippen molar-refractivity contribution < 1.29 is 23.8 Å². The van der Waals surface area contributed by atoms with Crippen molar-refractivity contribution in [3.63, 3.8) is 0 Å². The Bertz CT molecular complexity index is 331. The second-order valence-corrected chi connectivity index (χ2v) is 6.00. The molecule has 1 fully saturated rings. The molecule has 0 aromatic carbocycles. The normalized spacial score (nSPS) is 26.6. The average molecular weight is 258 g/mol. The van der Waals surface area contributed by atoms with Crippen LogP contribution in [0.4, 0.5) is 0 Å². The Morgan fingerprint density at radius 2 is 1.89 bits per heavy atom. The highest BCUT2D eigenvalue weighted by Crippen LogP contribution is 2.50. The van der Waals surface area contributed by atoms with Crippen LogP contribution in [0.2, 0.25) is 0 Å². The van der Waals surface area contributed by atoms with Crippen LogP contribution in [0.15, 0.2) is 0 Å². The molecule has 0 aromatic heterocycles. The van der Waals surface area contributed by atoms with E-state index in [9.17, 15) is 9.59 Å². The van der Waals surface area contributed by atoms with E-state index in [1.807, 2.05) is 27.7 Å². The Morgan fingerprint density at radius 1 is 1.28 bits per heavy atom. The van der Waals surface area contributed by atoms with Gasteiger partial charge in [-0.25, -0.2) is 4.79 Å². The van der Waals surface area contributed by atoms with E-state index in [1.165, 1.54) is 7.11 Å². The molecule has 1 aliphatic carbocycles. The van der Waals surface area contributed by atoms with Crippen molar-refractivity contribution in [3.8, 4) is 0 Å². The SMILES string of the molecule is COC(=O)CC1(C)CC1OCC(=O)OC(C)(C)C. The molecular weight excluding hydrogens is 236 g/mol. The van der Waals surface area contributed by atoms with Crippen molar-refractivity contribution in [2.75, 3.05) is 13.7 Å². The zero-order valence-corrected chi connectivity index (χ0v) is 11.7. The minimum absolute atomic E-state index is 0.0656. The van der Waals surface area contributed by atoms with Crippen LogP contribution in [0.5, 0.6) is 0 Å². The number of methoxy groups -OCH3 is 1. The molecule has 0 N–H and O–H groups in total. The number of esters is 2. The molecule has 1 rings (SSSR count). The zero-order chi connectivity index (χ0) is 14.0. The maximum Gasteiger partial charge on any atom is 0.332 e. The minimum atomic E-state index is -0.501. The van der Waals surface area contributed by atoms with E-state index in [4.69, 9.17) is 9.47 Å². The monoisotopic (exact) mass is 258 g/mol. The summed E-state index contributed by atoms with van der Waals surface area (Å²) in [6.45, 7) is 7.30. The second kappa shape index (κ2) is 5.26. The van der Waals surface area contributed by atoms with Crippen molar-refractivity contribution in [1.29, 1.82) is 0 Å². The number of ether oxygens (including phenoxy) is 3. The Balaban J connectivity index is 2.27. The van der Waals surface area contributed by atoms with Crippen molar-refractivity contribution in [1.82, 2.24) is 0 Å². The van der Waals surface area contributed by atoms with Crippen LogP contribution in [0, 0.1) is 5.41 Å². The Hall–Kier alpha value is -1.10. The molecule has 1 saturated carbocycles. The molecule has 0 aliphatic heterocycles. The lowest BCUT2D eigenvalue weighted by molar-refractivity contribution is -0.161. The van der Waals surface area contributed by atoms with Gasteiger partial charge in [-0.15, -0.1) is 0 Å². The molecule has 2 unspecified atom stereocenters. The van der Waals surface area contributed by atoms with E-state index >= 15 is 0 Å². The van der Waals surface area contributed by atoms with E-state index in [2.05, 4.69) is 4.74 Å². The van der Waals surface area contributed by atoms with Gasteiger partial charge in [-0.3, -0.25) is 4.79 Å². The molecule has 104 valence electrons. The predicted molar refractivity (Wildman–Crippen MR) is 64.9 cm³/mol. The molecule has 0 amide bonds. The average Bonchev–Trinajstić information content (AvgIpc) is 2.83. The number of hydrogen-bond acceptors (Lipinski definition) is 5. The standard InChI is InChI=1S/C13H22O5/c1-12(2,3)18-11(15)8-17-9-6-13(9,4)7-10(14)16-5/h9H,6-8H2,1-5H3. The van der Waals surface area contributed by atoms with Crippen LogP contribution in [0.1, 0.15) is 40.5 Å². The summed E-state index contributed by atoms with van der Waals surface area (Å²) >= 11 is 0. The Morgan fingerprint density at radius 3 is 2.39 bits per heavy atom. The van der Waals surface area contributed by atoms with Gasteiger partial charge in [-0.2, -0.15) is 0 Å². The molecular formula is C13H22O5. The van der Waals surface area contributed by atoms with Gasteiger partial charge >= 0.3 is 11.9 Å². The molecule has 0 saturated heterocycles. The van der Waals surface area contributed by atoms with Crippen LogP contribution >= 0.6 is 0 Å². The van der Waals surface area contributed by atoms with Gasteiger partial charge in [0.1, 0.15) is 12.2 Å². The van der Waals surface area contributed by atoms with Gasteiger partial charge in [0.2, 0.25) is 0 Å². The highest BCUT2D eigenvalue weighted by Gasteiger charge is 2.53. The first-order valence-electron chi connectivity index (χ1n) is 6.06. The lowest BCUT2D eigenvalue weighted by atomic mass is 10.1. The largest absolute Gasteiger partial charge is 0.469 e. The molecule has 0 bridgehead atoms. The lowest BCUT2D eigenvalue weighted by Gasteiger charge is -2.19. The first-order valence-corrected chi connectivity index (χ1v) is 6.06. The van der Waals surface area contributed by atoms with Gasteiger partial charge < -0.3 is 14.2 Å². The van der Waals surface area contributed by atoms with Crippen molar-refractivity contribution in [2.24, 2.45) is 5.41 Å². The third-order valence-electron chi connectivity index (χ3n) is 2.87. The van der Waals surface area contributed by atoms with Crippen LogP contribution in [-0.2, 0) is 23.8 Å². The first kappa shape index (κ1) is 15.0. The number of rotatable bonds is 5. The lowest BCUT2D eigenvalue weighted by Crippen LogP contribution is -2.27. The van der Waals surface area contributed by atoms with E-state index < -0.39 is 5.60 Å². The van der Waals surface area contributed by atoms with E-state index in [-0.39, 0.29) is 30.1 Å². The van der Waals surface area contributed by atoms with Crippen molar-refractivity contribution >= 4 is 11.9 Å². The van der Waals surface area contributed by atoms with Crippen LogP contribution < -0.4 is 0 Å². The van der Waals surface area contributed by atoms with Gasteiger partial charge in [-0.05, 0) is 27.2 Å². The van der Waals surface area contributed by atoms with E-state index in [0.29, 0.717) is 6.42 Å². The smallest absolute Gasteiger partial charge is 0.332 e. The minimum Gasteiger partial charge on any atom is -0.469 e. The summed E-state index contributed by atoms with van der Waals surface area (Å²) in [5.74, 6) is -0.629. The van der Waals surface area contributed by atoms with Gasteiger partial charge in [0.25, 0.3) is 0 Å². The summed E-state index contributed by atoms with van der Waals surface area (Å²) in [6, 6.07) is 0. The third-order valence-corrected chi connectivity index (χ3v) is 2.87. The summed E-state index contributed by atoms with van der Waals surface area (Å²) in [5.41, 5.74) is -0.700. The summed E-state index contributed by atoms with van der Waals surface area (Å²) in [4.78, 5) is 22.6. The van der Waals surface area contributed by atoms with Crippen LogP contribution in [-0.4, -0.2) is 37.4 Å². The molecule has 5 nitrogen and oxygen atoms in total. The fourth-order valence-corrected chi connectivity index (χ4v) is 1.75. The topological polar surface area (TPSA) is 61.8 Å². The van der Waals surface area contributed by atoms with E-state index in [0.717, 1.165) is 6.42 Å². The Labute approximate surface area is 108 Å². The molecule has 0 aromatic rings. The summed E-state index contributed by atoms with van der Waals surface area (Å²) in [5, 5.41) is 0. The second-order valence-electron chi connectivity index (χ2n) is 6.00. The molecule has 0 heterocycles. The van der Waals surface area contributed by atoms with Crippen LogP contribution in [0.3, 0.4) is 0 Å². The van der Waals surface area contributed by atoms with E-state index in [1.54, 1.807) is 0 Å². The van der Waals surface area contributed by atoms with Crippen molar-refractivity contribution in [3.05, 3.63) is 0 Å². The van der Waals surface area contributed by atoms with Gasteiger partial charge in [-0.1, -0.05) is 6.92 Å². The highest BCUT2D eigenvalue weighted by molar-refractivity contribution is 5.72. The first-order chi connectivity index (χ1) is 8.16. The predicted octanol–water partition coefficient (Wildman–Crippen LogP) is 1.69. The van der Waals surface area contributed by atoms with Gasteiger partial charge in [0, 0.05) is 5.41 Å². The molecule has 2 atom stereocenters.